The maximum atomic E-state index is 12.4. The van der Waals surface area contributed by atoms with Crippen LogP contribution in [0, 0.1) is 5.92 Å². The van der Waals surface area contributed by atoms with Crippen LogP contribution in [0.1, 0.15) is 17.9 Å². The van der Waals surface area contributed by atoms with Crippen molar-refractivity contribution in [3.8, 4) is 5.75 Å². The molecular formula is C17H17NO2. The van der Waals surface area contributed by atoms with E-state index in [1.54, 1.807) is 30.1 Å². The van der Waals surface area contributed by atoms with E-state index in [0.29, 0.717) is 5.92 Å². The first-order valence-electron chi connectivity index (χ1n) is 6.78. The maximum Gasteiger partial charge on any atom is 0.230 e. The lowest BCUT2D eigenvalue weighted by atomic mass is 10.1. The number of nitrogens with zero attached hydrogens (tertiary/aromatic N) is 1. The van der Waals surface area contributed by atoms with Gasteiger partial charge < -0.3 is 10.0 Å². The summed E-state index contributed by atoms with van der Waals surface area (Å²) in [6.07, 6.45) is 0.909. The predicted molar refractivity (Wildman–Crippen MR) is 78.8 cm³/mol. The van der Waals surface area contributed by atoms with Crippen molar-refractivity contribution in [1.82, 2.24) is 0 Å². The number of amides is 1. The molecule has 1 N–H and O–H groups in total. The van der Waals surface area contributed by atoms with Gasteiger partial charge in [-0.1, -0.05) is 36.4 Å². The molecule has 0 bridgehead atoms. The van der Waals surface area contributed by atoms with Gasteiger partial charge in [0.25, 0.3) is 0 Å². The molecule has 102 valence electrons. The van der Waals surface area contributed by atoms with Crippen LogP contribution in [0.4, 0.5) is 5.69 Å². The molecule has 2 atom stereocenters. The second-order valence-corrected chi connectivity index (χ2v) is 5.28. The standard InChI is InChI=1S/C17H17NO2/c1-18(13-8-5-9-14(19)10-13)17(20)16-11-15(16)12-6-3-2-4-7-12/h2-10,15-16,19H,11H2,1H3. The third kappa shape index (κ3) is 2.39. The molecule has 1 aliphatic rings. The van der Waals surface area contributed by atoms with E-state index in [1.807, 2.05) is 24.3 Å². The zero-order valence-electron chi connectivity index (χ0n) is 11.4. The first kappa shape index (κ1) is 12.7. The summed E-state index contributed by atoms with van der Waals surface area (Å²) < 4.78 is 0. The van der Waals surface area contributed by atoms with E-state index in [4.69, 9.17) is 0 Å². The normalized spacial score (nSPS) is 20.4. The molecule has 3 rings (SSSR count). The van der Waals surface area contributed by atoms with Crippen LogP contribution < -0.4 is 4.90 Å². The summed E-state index contributed by atoms with van der Waals surface area (Å²) in [4.78, 5) is 14.1. The van der Waals surface area contributed by atoms with Crippen LogP contribution >= 0.6 is 0 Å². The van der Waals surface area contributed by atoms with Crippen LogP contribution in [0.2, 0.25) is 0 Å². The zero-order valence-corrected chi connectivity index (χ0v) is 11.4. The Balaban J connectivity index is 1.72. The summed E-state index contributed by atoms with van der Waals surface area (Å²) in [6, 6.07) is 16.9. The third-order valence-corrected chi connectivity index (χ3v) is 3.88. The van der Waals surface area contributed by atoms with E-state index in [1.165, 1.54) is 5.56 Å². The lowest BCUT2D eigenvalue weighted by Gasteiger charge is -2.17. The van der Waals surface area contributed by atoms with Crippen molar-refractivity contribution in [2.45, 2.75) is 12.3 Å². The van der Waals surface area contributed by atoms with E-state index in [2.05, 4.69) is 12.1 Å². The lowest BCUT2D eigenvalue weighted by Crippen LogP contribution is -2.28. The summed E-state index contributed by atoms with van der Waals surface area (Å²) in [6.45, 7) is 0. The number of aromatic hydroxyl groups is 1. The van der Waals surface area contributed by atoms with Crippen molar-refractivity contribution >= 4 is 11.6 Å². The molecule has 1 aliphatic carbocycles. The van der Waals surface area contributed by atoms with Crippen molar-refractivity contribution in [2.24, 2.45) is 5.92 Å². The molecule has 1 saturated carbocycles. The second-order valence-electron chi connectivity index (χ2n) is 5.28. The molecule has 20 heavy (non-hydrogen) atoms. The smallest absolute Gasteiger partial charge is 0.230 e. The molecule has 0 aliphatic heterocycles. The maximum absolute atomic E-state index is 12.4. The summed E-state index contributed by atoms with van der Waals surface area (Å²) in [5.41, 5.74) is 1.96. The number of hydrogen-bond donors (Lipinski definition) is 1. The average Bonchev–Trinajstić information content (AvgIpc) is 3.27. The zero-order chi connectivity index (χ0) is 14.1. The highest BCUT2D eigenvalue weighted by atomic mass is 16.3. The minimum absolute atomic E-state index is 0.0600. The van der Waals surface area contributed by atoms with Gasteiger partial charge >= 0.3 is 0 Å². The van der Waals surface area contributed by atoms with Crippen molar-refractivity contribution in [2.75, 3.05) is 11.9 Å². The van der Waals surface area contributed by atoms with Crippen LogP contribution in [0.15, 0.2) is 54.6 Å². The largest absolute Gasteiger partial charge is 0.508 e. The molecule has 1 fully saturated rings. The van der Waals surface area contributed by atoms with Crippen LogP contribution in [-0.4, -0.2) is 18.1 Å². The number of hydrogen-bond acceptors (Lipinski definition) is 2. The molecule has 0 saturated heterocycles. The Morgan fingerprint density at radius 1 is 1.15 bits per heavy atom. The van der Waals surface area contributed by atoms with E-state index in [0.717, 1.165) is 12.1 Å². The van der Waals surface area contributed by atoms with Crippen molar-refractivity contribution in [3.63, 3.8) is 0 Å². The highest BCUT2D eigenvalue weighted by Crippen LogP contribution is 2.48. The number of phenols is 1. The summed E-state index contributed by atoms with van der Waals surface area (Å²) in [5.74, 6) is 0.690. The van der Waals surface area contributed by atoms with Gasteiger partial charge in [0.05, 0.1) is 0 Å². The van der Waals surface area contributed by atoms with Crippen molar-refractivity contribution < 1.29 is 9.90 Å². The highest BCUT2D eigenvalue weighted by Gasteiger charge is 2.45. The third-order valence-electron chi connectivity index (χ3n) is 3.88. The molecule has 2 aromatic carbocycles. The Bertz CT molecular complexity index is 624. The molecule has 0 aromatic heterocycles. The van der Waals surface area contributed by atoms with Gasteiger partial charge in [-0.25, -0.2) is 0 Å². The van der Waals surface area contributed by atoms with E-state index in [9.17, 15) is 9.90 Å². The van der Waals surface area contributed by atoms with Crippen molar-refractivity contribution in [3.05, 3.63) is 60.2 Å². The second kappa shape index (κ2) is 5.00. The summed E-state index contributed by atoms with van der Waals surface area (Å²) >= 11 is 0. The van der Waals surface area contributed by atoms with Crippen LogP contribution in [0.3, 0.4) is 0 Å². The van der Waals surface area contributed by atoms with Gasteiger partial charge in [-0.3, -0.25) is 4.79 Å². The summed E-state index contributed by atoms with van der Waals surface area (Å²) in [7, 11) is 1.76. The average molecular weight is 267 g/mol. The van der Waals surface area contributed by atoms with Gasteiger partial charge in [0, 0.05) is 24.7 Å². The van der Waals surface area contributed by atoms with Crippen LogP contribution in [0.25, 0.3) is 0 Å². The fourth-order valence-corrected chi connectivity index (χ4v) is 2.61. The van der Waals surface area contributed by atoms with Crippen LogP contribution in [-0.2, 0) is 4.79 Å². The number of carbonyl (C=O) groups excluding carboxylic acids is 1. The summed E-state index contributed by atoms with van der Waals surface area (Å²) in [5, 5.41) is 9.49. The van der Waals surface area contributed by atoms with Gasteiger partial charge in [-0.05, 0) is 30.0 Å². The lowest BCUT2D eigenvalue weighted by molar-refractivity contribution is -0.119. The van der Waals surface area contributed by atoms with Gasteiger partial charge in [-0.15, -0.1) is 0 Å². The molecule has 3 heteroatoms. The Kier molecular flexibility index (Phi) is 3.18. The topological polar surface area (TPSA) is 40.5 Å². The monoisotopic (exact) mass is 267 g/mol. The Hall–Kier alpha value is -2.29. The minimum atomic E-state index is 0.0600. The molecule has 0 radical (unpaired) electrons. The van der Waals surface area contributed by atoms with E-state index in [-0.39, 0.29) is 17.6 Å². The van der Waals surface area contributed by atoms with Crippen molar-refractivity contribution in [1.29, 1.82) is 0 Å². The molecule has 1 amide bonds. The highest BCUT2D eigenvalue weighted by molar-refractivity contribution is 5.97. The Morgan fingerprint density at radius 2 is 1.90 bits per heavy atom. The van der Waals surface area contributed by atoms with Gasteiger partial charge in [0.1, 0.15) is 5.75 Å². The van der Waals surface area contributed by atoms with Gasteiger partial charge in [0.2, 0.25) is 5.91 Å². The first-order valence-corrected chi connectivity index (χ1v) is 6.78. The minimum Gasteiger partial charge on any atom is -0.508 e. The van der Waals surface area contributed by atoms with E-state index < -0.39 is 0 Å². The number of anilines is 1. The number of phenolic OH excluding ortho intramolecular Hbond substituents is 1. The fourth-order valence-electron chi connectivity index (χ4n) is 2.61. The molecule has 2 unspecified atom stereocenters. The van der Waals surface area contributed by atoms with Crippen LogP contribution in [0.5, 0.6) is 5.75 Å². The number of benzene rings is 2. The van der Waals surface area contributed by atoms with Gasteiger partial charge in [-0.2, -0.15) is 0 Å². The SMILES string of the molecule is CN(C(=O)C1CC1c1ccccc1)c1cccc(O)c1. The fraction of sp³-hybridized carbons (Fsp3) is 0.235. The molecule has 2 aromatic rings. The molecule has 3 nitrogen and oxygen atoms in total. The quantitative estimate of drug-likeness (QED) is 0.928. The Labute approximate surface area is 118 Å². The number of carbonyl (C=O) groups is 1. The molecular weight excluding hydrogens is 250 g/mol. The molecule has 0 spiro atoms. The Morgan fingerprint density at radius 3 is 2.60 bits per heavy atom. The first-order chi connectivity index (χ1) is 9.66. The van der Waals surface area contributed by atoms with E-state index >= 15 is 0 Å². The predicted octanol–water partition coefficient (Wildman–Crippen LogP) is 3.16. The number of rotatable bonds is 3. The molecule has 0 heterocycles. The van der Waals surface area contributed by atoms with Gasteiger partial charge in [0.15, 0.2) is 0 Å².